The lowest BCUT2D eigenvalue weighted by molar-refractivity contribution is 0.103. The maximum absolute atomic E-state index is 12.9. The lowest BCUT2D eigenvalue weighted by Gasteiger charge is -2.12. The van der Waals surface area contributed by atoms with Gasteiger partial charge in [-0.1, -0.05) is 35.3 Å². The van der Waals surface area contributed by atoms with E-state index in [4.69, 9.17) is 23.2 Å². The zero-order valence-corrected chi connectivity index (χ0v) is 16.4. The Balaban J connectivity index is 1.95. The van der Waals surface area contributed by atoms with Gasteiger partial charge >= 0.3 is 0 Å². The van der Waals surface area contributed by atoms with Crippen LogP contribution in [-0.4, -0.2) is 10.8 Å². The first kappa shape index (κ1) is 18.5. The number of H-pyrrole nitrogens is 1. The third-order valence-corrected chi connectivity index (χ3v) is 5.22. The van der Waals surface area contributed by atoms with Crippen LogP contribution in [0.15, 0.2) is 71.5 Å². The maximum atomic E-state index is 12.9. The Labute approximate surface area is 171 Å². The zero-order chi connectivity index (χ0) is 19.8. The number of pyridine rings is 1. The number of rotatable bonds is 3. The predicted molar refractivity (Wildman–Crippen MR) is 115 cm³/mol. The number of carbonyl (C=O) groups excluding carboxylic acids is 1. The minimum Gasteiger partial charge on any atom is -0.322 e. The van der Waals surface area contributed by atoms with Crippen LogP contribution in [0.5, 0.6) is 0 Å². The molecule has 0 fully saturated rings. The Bertz CT molecular complexity index is 1270. The highest BCUT2D eigenvalue weighted by atomic mass is 35.5. The second-order valence-electron chi connectivity index (χ2n) is 6.56. The molecule has 0 aliphatic rings. The number of benzene rings is 3. The third kappa shape index (κ3) is 3.35. The molecule has 0 aliphatic carbocycles. The zero-order valence-electron chi connectivity index (χ0n) is 14.9. The Kier molecular flexibility index (Phi) is 4.80. The first-order valence-electron chi connectivity index (χ1n) is 8.67. The van der Waals surface area contributed by atoms with Gasteiger partial charge in [0.05, 0.1) is 0 Å². The number of aromatic amines is 1. The smallest absolute Gasteiger partial charge is 0.251 e. The number of fused-ring (bicyclic) bond motifs is 1. The minimum absolute atomic E-state index is 0.112. The van der Waals surface area contributed by atoms with Crippen molar-refractivity contribution in [2.24, 2.45) is 0 Å². The second-order valence-corrected chi connectivity index (χ2v) is 7.43. The predicted octanol–water partition coefficient (Wildman–Crippen LogP) is 6.04. The van der Waals surface area contributed by atoms with Crippen LogP contribution >= 0.6 is 23.2 Å². The Hall–Kier alpha value is -2.88. The van der Waals surface area contributed by atoms with E-state index in [0.717, 1.165) is 16.5 Å². The van der Waals surface area contributed by atoms with E-state index in [9.17, 15) is 9.59 Å². The molecule has 0 amide bonds. The highest BCUT2D eigenvalue weighted by molar-refractivity contribution is 6.31. The summed E-state index contributed by atoms with van der Waals surface area (Å²) in [6.07, 6.45) is 0. The van der Waals surface area contributed by atoms with E-state index in [2.05, 4.69) is 4.98 Å². The molecule has 1 N–H and O–H groups in total. The SMILES string of the molecule is Cc1c(-c2cccc(Cl)c2)c2cc(C(=O)c3ccc(Cl)cc3)ccc2[nH]c1=O. The molecule has 4 rings (SSSR count). The molecule has 0 spiro atoms. The van der Waals surface area contributed by atoms with E-state index in [1.54, 1.807) is 49.4 Å². The van der Waals surface area contributed by atoms with Gasteiger partial charge in [-0.05, 0) is 72.6 Å². The maximum Gasteiger partial charge on any atom is 0.251 e. The summed E-state index contributed by atoms with van der Waals surface area (Å²) in [6, 6.07) is 19.4. The summed E-state index contributed by atoms with van der Waals surface area (Å²) in [5.41, 5.74) is 3.76. The van der Waals surface area contributed by atoms with Gasteiger partial charge < -0.3 is 4.98 Å². The van der Waals surface area contributed by atoms with Crippen LogP contribution in [0.25, 0.3) is 22.0 Å². The fraction of sp³-hybridized carbons (Fsp3) is 0.0435. The summed E-state index contributed by atoms with van der Waals surface area (Å²) in [5, 5.41) is 1.95. The molecule has 3 aromatic carbocycles. The molecule has 138 valence electrons. The van der Waals surface area contributed by atoms with Gasteiger partial charge in [0.25, 0.3) is 5.56 Å². The highest BCUT2D eigenvalue weighted by Gasteiger charge is 2.15. The average Bonchev–Trinajstić information content (AvgIpc) is 2.69. The Morgan fingerprint density at radius 3 is 2.29 bits per heavy atom. The molecular formula is C23H15Cl2NO2. The quantitative estimate of drug-likeness (QED) is 0.420. The van der Waals surface area contributed by atoms with Crippen LogP contribution in [0.4, 0.5) is 0 Å². The molecule has 1 aromatic heterocycles. The number of halogens is 2. The van der Waals surface area contributed by atoms with Gasteiger partial charge in [-0.15, -0.1) is 0 Å². The van der Waals surface area contributed by atoms with Crippen molar-refractivity contribution in [2.45, 2.75) is 6.92 Å². The van der Waals surface area contributed by atoms with Crippen molar-refractivity contribution in [1.82, 2.24) is 4.98 Å². The molecule has 0 unspecified atom stereocenters. The standard InChI is InChI=1S/C23H15Cl2NO2/c1-13-21(15-3-2-4-18(25)11-15)19-12-16(7-10-20(19)26-23(13)28)22(27)14-5-8-17(24)9-6-14/h2-12H,1H3,(H,26,28). The van der Waals surface area contributed by atoms with Crippen molar-refractivity contribution in [2.75, 3.05) is 0 Å². The summed E-state index contributed by atoms with van der Waals surface area (Å²) in [7, 11) is 0. The van der Waals surface area contributed by atoms with Crippen molar-refractivity contribution in [3.63, 3.8) is 0 Å². The summed E-state index contributed by atoms with van der Waals surface area (Å²) in [5.74, 6) is -0.112. The Morgan fingerprint density at radius 1 is 0.857 bits per heavy atom. The number of aromatic nitrogens is 1. The normalized spacial score (nSPS) is 11.0. The van der Waals surface area contributed by atoms with Crippen LogP contribution in [0.3, 0.4) is 0 Å². The van der Waals surface area contributed by atoms with Gasteiger partial charge in [0.15, 0.2) is 5.78 Å². The molecule has 1 heterocycles. The van der Waals surface area contributed by atoms with Gasteiger partial charge in [-0.3, -0.25) is 9.59 Å². The lowest BCUT2D eigenvalue weighted by atomic mass is 9.94. The summed E-state index contributed by atoms with van der Waals surface area (Å²) in [4.78, 5) is 28.2. The number of hydrogen-bond acceptors (Lipinski definition) is 2. The average molecular weight is 408 g/mol. The van der Waals surface area contributed by atoms with Crippen LogP contribution in [0, 0.1) is 6.92 Å². The third-order valence-electron chi connectivity index (χ3n) is 4.73. The Morgan fingerprint density at radius 2 is 1.57 bits per heavy atom. The van der Waals surface area contributed by atoms with E-state index in [-0.39, 0.29) is 11.3 Å². The van der Waals surface area contributed by atoms with Crippen molar-refractivity contribution in [3.05, 3.63) is 104 Å². The van der Waals surface area contributed by atoms with Gasteiger partial charge in [0.1, 0.15) is 0 Å². The molecule has 0 saturated heterocycles. The van der Waals surface area contributed by atoms with E-state index in [1.807, 2.05) is 24.3 Å². The van der Waals surface area contributed by atoms with Crippen molar-refractivity contribution in [1.29, 1.82) is 0 Å². The van der Waals surface area contributed by atoms with Gasteiger partial charge in [0.2, 0.25) is 0 Å². The summed E-state index contributed by atoms with van der Waals surface area (Å²) in [6.45, 7) is 1.77. The first-order valence-corrected chi connectivity index (χ1v) is 9.42. The molecule has 5 heteroatoms. The number of hydrogen-bond donors (Lipinski definition) is 1. The second kappa shape index (κ2) is 7.27. The topological polar surface area (TPSA) is 49.9 Å². The molecule has 0 atom stereocenters. The minimum atomic E-state index is -0.167. The molecule has 28 heavy (non-hydrogen) atoms. The summed E-state index contributed by atoms with van der Waals surface area (Å²) < 4.78 is 0. The van der Waals surface area contributed by atoms with Crippen molar-refractivity contribution < 1.29 is 4.79 Å². The fourth-order valence-corrected chi connectivity index (χ4v) is 3.63. The fourth-order valence-electron chi connectivity index (χ4n) is 3.32. The van der Waals surface area contributed by atoms with Crippen LogP contribution in [0.1, 0.15) is 21.5 Å². The molecule has 3 nitrogen and oxygen atoms in total. The van der Waals surface area contributed by atoms with Gasteiger partial charge in [-0.25, -0.2) is 0 Å². The monoisotopic (exact) mass is 407 g/mol. The molecule has 0 saturated carbocycles. The van der Waals surface area contributed by atoms with Gasteiger partial charge in [0, 0.05) is 37.6 Å². The van der Waals surface area contributed by atoms with Crippen molar-refractivity contribution in [3.8, 4) is 11.1 Å². The summed E-state index contributed by atoms with van der Waals surface area (Å²) >= 11 is 12.1. The number of nitrogens with one attached hydrogen (secondary N) is 1. The molecular weight excluding hydrogens is 393 g/mol. The first-order chi connectivity index (χ1) is 13.4. The molecule has 0 radical (unpaired) electrons. The molecule has 0 aliphatic heterocycles. The van der Waals surface area contributed by atoms with Crippen LogP contribution in [0.2, 0.25) is 10.0 Å². The number of ketones is 1. The van der Waals surface area contributed by atoms with Crippen LogP contribution in [-0.2, 0) is 0 Å². The van der Waals surface area contributed by atoms with Gasteiger partial charge in [-0.2, -0.15) is 0 Å². The molecule has 0 bridgehead atoms. The lowest BCUT2D eigenvalue weighted by Crippen LogP contribution is -2.12. The highest BCUT2D eigenvalue weighted by Crippen LogP contribution is 2.31. The van der Waals surface area contributed by atoms with Crippen LogP contribution < -0.4 is 5.56 Å². The van der Waals surface area contributed by atoms with E-state index in [0.29, 0.717) is 32.3 Å². The van der Waals surface area contributed by atoms with E-state index < -0.39 is 0 Å². The van der Waals surface area contributed by atoms with E-state index >= 15 is 0 Å². The largest absolute Gasteiger partial charge is 0.322 e. The van der Waals surface area contributed by atoms with E-state index in [1.165, 1.54) is 0 Å². The molecule has 4 aromatic rings. The number of carbonyl (C=O) groups is 1. The van der Waals surface area contributed by atoms with Crippen molar-refractivity contribution >= 4 is 39.9 Å².